The number of aliphatic hydroxyl groups is 1. The minimum atomic E-state index is 0.447. The zero-order valence-corrected chi connectivity index (χ0v) is 14.9. The van der Waals surface area contributed by atoms with E-state index in [0.717, 1.165) is 35.3 Å². The molecule has 0 radical (unpaired) electrons. The molecule has 5 nitrogen and oxygen atoms in total. The third-order valence-electron chi connectivity index (χ3n) is 3.74. The molecule has 0 saturated heterocycles. The molecular formula is C18H22N4OS. The highest BCUT2D eigenvalue weighted by molar-refractivity contribution is 7.71. The number of rotatable bonds is 5. The molecule has 4 N–H and O–H groups in total. The van der Waals surface area contributed by atoms with Gasteiger partial charge in [0.15, 0.2) is 10.6 Å². The van der Waals surface area contributed by atoms with E-state index in [9.17, 15) is 0 Å². The predicted molar refractivity (Wildman–Crippen MR) is 101 cm³/mol. The van der Waals surface area contributed by atoms with Gasteiger partial charge in [-0.3, -0.25) is 9.67 Å². The molecule has 0 unspecified atom stereocenters. The lowest BCUT2D eigenvalue weighted by molar-refractivity contribution is 0.473. The highest BCUT2D eigenvalue weighted by atomic mass is 32.1. The Labute approximate surface area is 146 Å². The summed E-state index contributed by atoms with van der Waals surface area (Å²) in [4.78, 5) is 0. The second-order valence-electron chi connectivity index (χ2n) is 5.46. The van der Waals surface area contributed by atoms with Crippen LogP contribution in [0.5, 0.6) is 0 Å². The van der Waals surface area contributed by atoms with Gasteiger partial charge in [0.1, 0.15) is 0 Å². The minimum Gasteiger partial charge on any atom is -0.516 e. The summed E-state index contributed by atoms with van der Waals surface area (Å²) in [7, 11) is 0. The fraction of sp³-hybridized carbons (Fsp3) is 0.222. The molecule has 1 aromatic heterocycles. The molecule has 0 amide bonds. The summed E-state index contributed by atoms with van der Waals surface area (Å²) in [5.74, 6) is 0.737. The molecule has 0 aliphatic heterocycles. The van der Waals surface area contributed by atoms with Gasteiger partial charge in [-0.25, -0.2) is 0 Å². The maximum Gasteiger partial charge on any atom is 0.200 e. The third-order valence-corrected chi connectivity index (χ3v) is 4.02. The number of benzene rings is 1. The van der Waals surface area contributed by atoms with E-state index in [-0.39, 0.29) is 0 Å². The molecule has 1 heterocycles. The molecule has 126 valence electrons. The number of aryl methyl sites for hydroxylation is 2. The second kappa shape index (κ2) is 7.79. The Morgan fingerprint density at radius 1 is 1.42 bits per heavy atom. The summed E-state index contributed by atoms with van der Waals surface area (Å²) in [6.45, 7) is 6.13. The summed E-state index contributed by atoms with van der Waals surface area (Å²) in [5, 5.41) is 16.0. The van der Waals surface area contributed by atoms with Crippen LogP contribution in [-0.4, -0.2) is 19.9 Å². The number of nitrogens with zero attached hydrogens (tertiary/aromatic N) is 2. The smallest absolute Gasteiger partial charge is 0.200 e. The van der Waals surface area contributed by atoms with Gasteiger partial charge >= 0.3 is 0 Å². The lowest BCUT2D eigenvalue weighted by atomic mass is 10.1. The molecule has 24 heavy (non-hydrogen) atoms. The van der Waals surface area contributed by atoms with E-state index < -0.39 is 0 Å². The van der Waals surface area contributed by atoms with Crippen LogP contribution in [0.25, 0.3) is 11.3 Å². The molecule has 0 fully saturated rings. The van der Waals surface area contributed by atoms with Gasteiger partial charge in [-0.05, 0) is 61.3 Å². The minimum absolute atomic E-state index is 0.447. The van der Waals surface area contributed by atoms with Gasteiger partial charge in [-0.1, -0.05) is 31.2 Å². The number of aromatic nitrogens is 3. The number of aromatic amines is 1. The first kappa shape index (κ1) is 17.7. The number of allylic oxidation sites excluding steroid dienone is 4. The Kier molecular flexibility index (Phi) is 5.76. The summed E-state index contributed by atoms with van der Waals surface area (Å²) in [5.41, 5.74) is 10.5. The zero-order chi connectivity index (χ0) is 17.7. The summed E-state index contributed by atoms with van der Waals surface area (Å²) in [6.07, 6.45) is 6.78. The molecule has 6 heteroatoms. The van der Waals surface area contributed by atoms with Gasteiger partial charge in [0.25, 0.3) is 0 Å². The van der Waals surface area contributed by atoms with Gasteiger partial charge in [-0.15, -0.1) is 0 Å². The Hall–Kier alpha value is -2.60. The molecule has 0 spiro atoms. The Morgan fingerprint density at radius 3 is 2.83 bits per heavy atom. The van der Waals surface area contributed by atoms with Crippen LogP contribution in [0.3, 0.4) is 0 Å². The molecule has 0 atom stereocenters. The van der Waals surface area contributed by atoms with Gasteiger partial charge in [0.2, 0.25) is 0 Å². The Bertz CT molecular complexity index is 871. The largest absolute Gasteiger partial charge is 0.516 e. The fourth-order valence-corrected chi connectivity index (χ4v) is 2.75. The van der Waals surface area contributed by atoms with Crippen LogP contribution in [0.1, 0.15) is 30.8 Å². The summed E-state index contributed by atoms with van der Waals surface area (Å²) < 4.78 is 2.51. The van der Waals surface area contributed by atoms with Gasteiger partial charge in [-0.2, -0.15) is 5.10 Å². The van der Waals surface area contributed by atoms with Crippen LogP contribution in [-0.2, 0) is 6.42 Å². The normalized spacial score (nSPS) is 13.0. The highest BCUT2D eigenvalue weighted by Gasteiger charge is 2.14. The summed E-state index contributed by atoms with van der Waals surface area (Å²) in [6, 6.07) is 6.22. The number of nitrogens with one attached hydrogen (secondary N) is 1. The molecule has 0 aliphatic carbocycles. The lowest BCUT2D eigenvalue weighted by Crippen LogP contribution is -2.06. The van der Waals surface area contributed by atoms with Crippen molar-refractivity contribution in [2.45, 2.75) is 27.2 Å². The second-order valence-corrected chi connectivity index (χ2v) is 5.84. The van der Waals surface area contributed by atoms with Gasteiger partial charge in [0, 0.05) is 5.70 Å². The number of hydrogen-bond donors (Lipinski definition) is 3. The van der Waals surface area contributed by atoms with Crippen molar-refractivity contribution in [2.24, 2.45) is 5.73 Å². The maximum absolute atomic E-state index is 8.75. The van der Waals surface area contributed by atoms with Crippen molar-refractivity contribution < 1.29 is 5.11 Å². The van der Waals surface area contributed by atoms with Gasteiger partial charge < -0.3 is 10.8 Å². The van der Waals surface area contributed by atoms with Crippen LogP contribution in [0, 0.1) is 11.7 Å². The molecule has 0 saturated carbocycles. The van der Waals surface area contributed by atoms with Crippen molar-refractivity contribution in [2.75, 3.05) is 0 Å². The van der Waals surface area contributed by atoms with Crippen molar-refractivity contribution in [3.05, 3.63) is 70.1 Å². The van der Waals surface area contributed by atoms with Crippen molar-refractivity contribution in [1.29, 1.82) is 0 Å². The monoisotopic (exact) mass is 342 g/mol. The number of aliphatic hydroxyl groups excluding tert-OH is 1. The van der Waals surface area contributed by atoms with Crippen molar-refractivity contribution in [3.8, 4) is 5.69 Å². The topological polar surface area (TPSA) is 79.9 Å². The van der Waals surface area contributed by atoms with E-state index in [4.69, 9.17) is 23.1 Å². The SMILES string of the molecule is CCc1cccc(C)c1-n1c(/C(C)=C/C=C(N)\C=C\O)n[nH]c1=S. The van der Waals surface area contributed by atoms with Crippen LogP contribution < -0.4 is 5.73 Å². The van der Waals surface area contributed by atoms with Crippen LogP contribution in [0.2, 0.25) is 0 Å². The first-order chi connectivity index (χ1) is 11.5. The van der Waals surface area contributed by atoms with Crippen molar-refractivity contribution in [1.82, 2.24) is 14.8 Å². The number of para-hydroxylation sites is 1. The quantitative estimate of drug-likeness (QED) is 0.434. The van der Waals surface area contributed by atoms with Crippen LogP contribution in [0.15, 0.2) is 48.4 Å². The lowest BCUT2D eigenvalue weighted by Gasteiger charge is -2.14. The Balaban J connectivity index is 2.61. The van der Waals surface area contributed by atoms with E-state index in [0.29, 0.717) is 10.5 Å². The number of nitrogens with two attached hydrogens (primary N) is 1. The molecular weight excluding hydrogens is 320 g/mol. The average molecular weight is 342 g/mol. The van der Waals surface area contributed by atoms with E-state index in [1.807, 2.05) is 23.6 Å². The number of hydrogen-bond acceptors (Lipinski definition) is 4. The maximum atomic E-state index is 8.75. The fourth-order valence-electron chi connectivity index (χ4n) is 2.53. The van der Waals surface area contributed by atoms with E-state index in [2.05, 4.69) is 36.2 Å². The molecule has 0 bridgehead atoms. The molecule has 2 rings (SSSR count). The highest BCUT2D eigenvalue weighted by Crippen LogP contribution is 2.24. The molecule has 1 aromatic carbocycles. The first-order valence-corrected chi connectivity index (χ1v) is 8.11. The van der Waals surface area contributed by atoms with E-state index in [1.54, 1.807) is 6.08 Å². The number of H-pyrrole nitrogens is 1. The van der Waals surface area contributed by atoms with Crippen LogP contribution >= 0.6 is 12.2 Å². The standard InChI is InChI=1S/C18H22N4OS/c1-4-14-7-5-6-12(2)16(14)22-17(20-21-18(22)24)13(3)8-9-15(19)10-11-23/h5-11,23H,4,19H2,1-3H3,(H,21,24)/b11-10+,13-8+,15-9+. The van der Waals surface area contributed by atoms with Crippen molar-refractivity contribution >= 4 is 17.8 Å². The summed E-state index contributed by atoms with van der Waals surface area (Å²) >= 11 is 5.45. The zero-order valence-electron chi connectivity index (χ0n) is 14.1. The Morgan fingerprint density at radius 2 is 2.17 bits per heavy atom. The third kappa shape index (κ3) is 3.65. The van der Waals surface area contributed by atoms with Gasteiger partial charge in [0.05, 0.1) is 11.9 Å². The average Bonchev–Trinajstić information content (AvgIpc) is 2.94. The first-order valence-electron chi connectivity index (χ1n) is 7.71. The van der Waals surface area contributed by atoms with Crippen molar-refractivity contribution in [3.63, 3.8) is 0 Å². The van der Waals surface area contributed by atoms with E-state index >= 15 is 0 Å². The van der Waals surface area contributed by atoms with Crippen LogP contribution in [0.4, 0.5) is 0 Å². The molecule has 2 aromatic rings. The molecule has 0 aliphatic rings. The predicted octanol–water partition coefficient (Wildman–Crippen LogP) is 4.12. The van der Waals surface area contributed by atoms with E-state index in [1.165, 1.54) is 11.6 Å².